The Morgan fingerprint density at radius 2 is 2.18 bits per heavy atom. The van der Waals surface area contributed by atoms with Gasteiger partial charge in [0.1, 0.15) is 0 Å². The van der Waals surface area contributed by atoms with Crippen LogP contribution in [0.1, 0.15) is 16.8 Å². The van der Waals surface area contributed by atoms with Crippen molar-refractivity contribution in [2.45, 2.75) is 13.0 Å². The van der Waals surface area contributed by atoms with Crippen molar-refractivity contribution >= 4 is 29.0 Å². The molecular formula is C14H17N5O3. The molecule has 0 radical (unpaired) electrons. The van der Waals surface area contributed by atoms with Gasteiger partial charge < -0.3 is 26.0 Å². The summed E-state index contributed by atoms with van der Waals surface area (Å²) >= 11 is 0. The van der Waals surface area contributed by atoms with E-state index in [0.29, 0.717) is 36.7 Å². The third-order valence-electron chi connectivity index (χ3n) is 4.06. The number of likely N-dealkylation sites (tertiary alicyclic amines) is 1. The Morgan fingerprint density at radius 3 is 2.82 bits per heavy atom. The van der Waals surface area contributed by atoms with Crippen LogP contribution in [-0.2, 0) is 6.54 Å². The summed E-state index contributed by atoms with van der Waals surface area (Å²) in [5, 5.41) is 9.00. The first-order chi connectivity index (χ1) is 10.5. The minimum Gasteiger partial charge on any atom is -0.465 e. The van der Waals surface area contributed by atoms with Gasteiger partial charge in [-0.2, -0.15) is 0 Å². The second-order valence-corrected chi connectivity index (χ2v) is 5.53. The molecule has 1 saturated heterocycles. The summed E-state index contributed by atoms with van der Waals surface area (Å²) in [6, 6.07) is 5.02. The normalized spacial score (nSPS) is 18.0. The maximum absolute atomic E-state index is 11.2. The molecule has 0 unspecified atom stereocenters. The SMILES string of the molecule is NC(=O)c1ccc2c(c1)nc(N)n2C[C@@H]1CCN(C(=O)O)C1. The quantitative estimate of drug-likeness (QED) is 0.769. The van der Waals surface area contributed by atoms with Crippen molar-refractivity contribution in [3.63, 3.8) is 0 Å². The highest BCUT2D eigenvalue weighted by Gasteiger charge is 2.27. The maximum Gasteiger partial charge on any atom is 0.407 e. The molecule has 1 aliphatic rings. The van der Waals surface area contributed by atoms with E-state index >= 15 is 0 Å². The molecule has 1 aliphatic heterocycles. The molecule has 0 saturated carbocycles. The van der Waals surface area contributed by atoms with Crippen molar-refractivity contribution < 1.29 is 14.7 Å². The summed E-state index contributed by atoms with van der Waals surface area (Å²) in [6.07, 6.45) is -0.0952. The third-order valence-corrected chi connectivity index (χ3v) is 4.06. The highest BCUT2D eigenvalue weighted by molar-refractivity contribution is 5.96. The Kier molecular flexibility index (Phi) is 3.36. The van der Waals surface area contributed by atoms with Crippen LogP contribution in [0.15, 0.2) is 18.2 Å². The van der Waals surface area contributed by atoms with Crippen molar-refractivity contribution in [2.75, 3.05) is 18.8 Å². The van der Waals surface area contributed by atoms with Crippen LogP contribution in [0.4, 0.5) is 10.7 Å². The van der Waals surface area contributed by atoms with Crippen LogP contribution < -0.4 is 11.5 Å². The molecule has 0 aliphatic carbocycles. The summed E-state index contributed by atoms with van der Waals surface area (Å²) in [5.41, 5.74) is 13.0. The second-order valence-electron chi connectivity index (χ2n) is 5.53. The van der Waals surface area contributed by atoms with E-state index in [4.69, 9.17) is 16.6 Å². The summed E-state index contributed by atoms with van der Waals surface area (Å²) in [7, 11) is 0. The molecule has 8 heteroatoms. The predicted molar refractivity (Wildman–Crippen MR) is 80.4 cm³/mol. The Balaban J connectivity index is 1.86. The monoisotopic (exact) mass is 303 g/mol. The number of nitrogens with two attached hydrogens (primary N) is 2. The molecule has 22 heavy (non-hydrogen) atoms. The smallest absolute Gasteiger partial charge is 0.407 e. The summed E-state index contributed by atoms with van der Waals surface area (Å²) in [6.45, 7) is 1.63. The fourth-order valence-corrected chi connectivity index (χ4v) is 2.91. The molecule has 0 spiro atoms. The molecule has 2 aromatic rings. The predicted octanol–water partition coefficient (Wildman–Crippen LogP) is 0.717. The number of primary amides is 1. The van der Waals surface area contributed by atoms with Crippen LogP contribution in [0.3, 0.4) is 0 Å². The van der Waals surface area contributed by atoms with Gasteiger partial charge >= 0.3 is 6.09 Å². The van der Waals surface area contributed by atoms with Crippen LogP contribution in [0.25, 0.3) is 11.0 Å². The van der Waals surface area contributed by atoms with Crippen LogP contribution in [0.5, 0.6) is 0 Å². The molecule has 0 bridgehead atoms. The molecule has 116 valence electrons. The Bertz CT molecular complexity index is 754. The molecule has 3 rings (SSSR count). The number of carboxylic acid groups (broad SMARTS) is 1. The van der Waals surface area contributed by atoms with Crippen LogP contribution in [0, 0.1) is 5.92 Å². The van der Waals surface area contributed by atoms with Crippen LogP contribution >= 0.6 is 0 Å². The number of nitrogen functional groups attached to an aromatic ring is 1. The molecule has 1 atom stereocenters. The number of benzene rings is 1. The van der Waals surface area contributed by atoms with E-state index in [1.807, 2.05) is 4.57 Å². The minimum atomic E-state index is -0.892. The summed E-state index contributed by atoms with van der Waals surface area (Å²) in [5.74, 6) is 0.0416. The molecule has 2 heterocycles. The van der Waals surface area contributed by atoms with Crippen LogP contribution in [-0.4, -0.2) is 44.6 Å². The largest absolute Gasteiger partial charge is 0.465 e. The van der Waals surface area contributed by atoms with Gasteiger partial charge in [-0.1, -0.05) is 0 Å². The number of carbonyl (C=O) groups is 2. The molecule has 5 N–H and O–H groups in total. The number of imidazole rings is 1. The first-order valence-electron chi connectivity index (χ1n) is 6.99. The Morgan fingerprint density at radius 1 is 1.41 bits per heavy atom. The summed E-state index contributed by atoms with van der Waals surface area (Å²) in [4.78, 5) is 27.8. The van der Waals surface area contributed by atoms with Gasteiger partial charge in [0.15, 0.2) is 0 Å². The van der Waals surface area contributed by atoms with Crippen molar-refractivity contribution in [2.24, 2.45) is 11.7 Å². The lowest BCUT2D eigenvalue weighted by atomic mass is 10.1. The van der Waals surface area contributed by atoms with E-state index in [2.05, 4.69) is 4.98 Å². The average Bonchev–Trinajstić information content (AvgIpc) is 3.04. The fourth-order valence-electron chi connectivity index (χ4n) is 2.91. The zero-order valence-corrected chi connectivity index (χ0v) is 11.9. The van der Waals surface area contributed by atoms with E-state index in [0.717, 1.165) is 11.9 Å². The van der Waals surface area contributed by atoms with Gasteiger partial charge in [0.2, 0.25) is 11.9 Å². The molecule has 8 nitrogen and oxygen atoms in total. The number of carbonyl (C=O) groups excluding carboxylic acids is 1. The summed E-state index contributed by atoms with van der Waals surface area (Å²) < 4.78 is 1.86. The number of nitrogens with zero attached hydrogens (tertiary/aromatic N) is 3. The van der Waals surface area contributed by atoms with E-state index < -0.39 is 12.0 Å². The lowest BCUT2D eigenvalue weighted by molar-refractivity contribution is 0.1000. The van der Waals surface area contributed by atoms with Gasteiger partial charge in [0, 0.05) is 25.2 Å². The number of rotatable bonds is 3. The van der Waals surface area contributed by atoms with Crippen LogP contribution in [0.2, 0.25) is 0 Å². The number of anilines is 1. The number of fused-ring (bicyclic) bond motifs is 1. The van der Waals surface area contributed by atoms with Crippen molar-refractivity contribution in [1.82, 2.24) is 14.5 Å². The number of aromatic nitrogens is 2. The molecule has 1 fully saturated rings. The van der Waals surface area contributed by atoms with Gasteiger partial charge in [0.25, 0.3) is 0 Å². The number of hydrogen-bond acceptors (Lipinski definition) is 4. The fraction of sp³-hybridized carbons (Fsp3) is 0.357. The zero-order chi connectivity index (χ0) is 15.9. The third kappa shape index (κ3) is 2.43. The van der Waals surface area contributed by atoms with Gasteiger partial charge in [-0.05, 0) is 30.5 Å². The second kappa shape index (κ2) is 5.21. The highest BCUT2D eigenvalue weighted by Crippen LogP contribution is 2.24. The van der Waals surface area contributed by atoms with Gasteiger partial charge in [-0.25, -0.2) is 9.78 Å². The standard InChI is InChI=1S/C14H17N5O3/c15-12(20)9-1-2-11-10(5-9)17-13(16)19(11)7-8-3-4-18(6-8)14(21)22/h1-2,5,8H,3-4,6-7H2,(H2,15,20)(H2,16,17)(H,21,22)/t8-/m1/s1. The van der Waals surface area contributed by atoms with E-state index in [-0.39, 0.29) is 5.92 Å². The van der Waals surface area contributed by atoms with Crippen molar-refractivity contribution in [3.8, 4) is 0 Å². The van der Waals surface area contributed by atoms with Gasteiger partial charge in [-0.15, -0.1) is 0 Å². The molecule has 1 aromatic heterocycles. The zero-order valence-electron chi connectivity index (χ0n) is 11.9. The van der Waals surface area contributed by atoms with Crippen molar-refractivity contribution in [3.05, 3.63) is 23.8 Å². The first-order valence-corrected chi connectivity index (χ1v) is 6.99. The van der Waals surface area contributed by atoms with E-state index in [1.165, 1.54) is 4.90 Å². The van der Waals surface area contributed by atoms with E-state index in [9.17, 15) is 9.59 Å². The Labute approximate surface area is 126 Å². The van der Waals surface area contributed by atoms with Crippen molar-refractivity contribution in [1.29, 1.82) is 0 Å². The molecular weight excluding hydrogens is 286 g/mol. The van der Waals surface area contributed by atoms with E-state index in [1.54, 1.807) is 18.2 Å². The lowest BCUT2D eigenvalue weighted by Gasteiger charge is -2.14. The molecule has 1 aromatic carbocycles. The first kappa shape index (κ1) is 14.2. The number of amides is 2. The number of hydrogen-bond donors (Lipinski definition) is 3. The minimum absolute atomic E-state index is 0.201. The van der Waals surface area contributed by atoms with Gasteiger partial charge in [0.05, 0.1) is 11.0 Å². The lowest BCUT2D eigenvalue weighted by Crippen LogP contribution is -2.27. The average molecular weight is 303 g/mol. The maximum atomic E-state index is 11.2. The topological polar surface area (TPSA) is 127 Å². The van der Waals surface area contributed by atoms with Gasteiger partial charge in [-0.3, -0.25) is 4.79 Å². The highest BCUT2D eigenvalue weighted by atomic mass is 16.4. The Hall–Kier alpha value is -2.77. The molecule has 2 amide bonds.